The summed E-state index contributed by atoms with van der Waals surface area (Å²) in [6, 6.07) is 14.7. The molecule has 0 atom stereocenters. The highest BCUT2D eigenvalue weighted by atomic mass is 35.5. The molecule has 0 aromatic heterocycles. The first-order valence-corrected chi connectivity index (χ1v) is 6.74. The molecule has 2 aromatic rings. The first kappa shape index (κ1) is 15.2. The Morgan fingerprint density at radius 2 is 1.62 bits per heavy atom. The second kappa shape index (κ2) is 6.51. The van der Waals surface area contributed by atoms with Gasteiger partial charge in [-0.3, -0.25) is 0 Å². The third-order valence-electron chi connectivity index (χ3n) is 2.97. The van der Waals surface area contributed by atoms with E-state index in [0.717, 1.165) is 11.1 Å². The maximum Gasteiger partial charge on any atom is 0.151 e. The molecule has 0 unspecified atom stereocenters. The van der Waals surface area contributed by atoms with Gasteiger partial charge in [-0.1, -0.05) is 53.5 Å². The lowest BCUT2D eigenvalue weighted by Gasteiger charge is -2.07. The van der Waals surface area contributed by atoms with Crippen LogP contribution >= 0.6 is 23.2 Å². The van der Waals surface area contributed by atoms with Crippen LogP contribution in [0.1, 0.15) is 5.56 Å². The Hall–Kier alpha value is -2.19. The summed E-state index contributed by atoms with van der Waals surface area (Å²) in [6.45, 7) is 0. The molecule has 6 heteroatoms. The van der Waals surface area contributed by atoms with E-state index in [2.05, 4.69) is 5.43 Å². The topological polar surface area (TPSA) is 87.9 Å². The van der Waals surface area contributed by atoms with E-state index < -0.39 is 0 Å². The van der Waals surface area contributed by atoms with Gasteiger partial charge in [0.15, 0.2) is 5.70 Å². The van der Waals surface area contributed by atoms with Gasteiger partial charge >= 0.3 is 0 Å². The molecule has 0 saturated carbocycles. The Bertz CT molecular complexity index is 730. The Morgan fingerprint density at radius 1 is 1.00 bits per heavy atom. The summed E-state index contributed by atoms with van der Waals surface area (Å²) >= 11 is 11.9. The molecule has 106 valence electrons. The molecule has 4 nitrogen and oxygen atoms in total. The molecule has 0 heterocycles. The number of nitrogens with zero attached hydrogens (tertiary/aromatic N) is 1. The van der Waals surface area contributed by atoms with Crippen LogP contribution in [0.2, 0.25) is 10.0 Å². The van der Waals surface area contributed by atoms with Gasteiger partial charge < -0.3 is 11.2 Å². The number of nitriles is 1. The molecule has 0 amide bonds. The van der Waals surface area contributed by atoms with Crippen molar-refractivity contribution in [2.45, 2.75) is 0 Å². The monoisotopic (exact) mass is 318 g/mol. The Morgan fingerprint density at radius 3 is 2.14 bits per heavy atom. The smallest absolute Gasteiger partial charge is 0.151 e. The van der Waals surface area contributed by atoms with Crippen LogP contribution in [0, 0.1) is 11.3 Å². The standard InChI is InChI=1S/C15H12Cl2N4/c16-12-6-5-11(7-13(12)17)9-1-3-10(4-2-9)15(19)14(8-18)21-20/h1-7,21H,19-20H2/b15-14-. The lowest BCUT2D eigenvalue weighted by Crippen LogP contribution is -2.23. The average Bonchev–Trinajstić information content (AvgIpc) is 2.51. The number of hydrogen-bond acceptors (Lipinski definition) is 4. The number of nitrogens with one attached hydrogen (secondary N) is 1. The van der Waals surface area contributed by atoms with Crippen LogP contribution in [-0.4, -0.2) is 0 Å². The molecule has 2 aromatic carbocycles. The molecule has 0 aliphatic rings. The largest absolute Gasteiger partial charge is 0.396 e. The van der Waals surface area contributed by atoms with Crippen molar-refractivity contribution in [2.75, 3.05) is 0 Å². The van der Waals surface area contributed by atoms with Crippen molar-refractivity contribution in [3.63, 3.8) is 0 Å². The minimum absolute atomic E-state index is 0.122. The number of halogens is 2. The second-order valence-electron chi connectivity index (χ2n) is 4.25. The van der Waals surface area contributed by atoms with E-state index in [0.29, 0.717) is 21.3 Å². The molecule has 0 aliphatic carbocycles. The zero-order valence-corrected chi connectivity index (χ0v) is 12.4. The van der Waals surface area contributed by atoms with E-state index in [9.17, 15) is 0 Å². The lowest BCUT2D eigenvalue weighted by molar-refractivity contribution is 0.920. The van der Waals surface area contributed by atoms with Gasteiger partial charge in [-0.25, -0.2) is 5.84 Å². The zero-order valence-electron chi connectivity index (χ0n) is 10.9. The van der Waals surface area contributed by atoms with Crippen molar-refractivity contribution in [1.82, 2.24) is 5.43 Å². The van der Waals surface area contributed by atoms with Crippen molar-refractivity contribution in [3.8, 4) is 17.2 Å². The third-order valence-corrected chi connectivity index (χ3v) is 3.71. The average molecular weight is 319 g/mol. The van der Waals surface area contributed by atoms with Crippen molar-refractivity contribution >= 4 is 28.9 Å². The Labute approximate surface area is 132 Å². The SMILES string of the molecule is N#C/C(NN)=C(/N)c1ccc(-c2ccc(Cl)c(Cl)c2)cc1. The fourth-order valence-electron chi connectivity index (χ4n) is 1.83. The molecule has 0 radical (unpaired) electrons. The summed E-state index contributed by atoms with van der Waals surface area (Å²) < 4.78 is 0. The Kier molecular flexibility index (Phi) is 4.71. The van der Waals surface area contributed by atoms with E-state index in [1.807, 2.05) is 36.4 Å². The van der Waals surface area contributed by atoms with Crippen LogP contribution in [0.3, 0.4) is 0 Å². The van der Waals surface area contributed by atoms with Gasteiger partial charge in [-0.15, -0.1) is 0 Å². The first-order chi connectivity index (χ1) is 10.1. The van der Waals surface area contributed by atoms with Gasteiger partial charge in [0, 0.05) is 5.56 Å². The quantitative estimate of drug-likeness (QED) is 0.460. The number of hydrogen-bond donors (Lipinski definition) is 3. The highest BCUT2D eigenvalue weighted by Gasteiger charge is 2.06. The molecule has 0 spiro atoms. The summed E-state index contributed by atoms with van der Waals surface area (Å²) in [5.41, 5.74) is 11.2. The first-order valence-electron chi connectivity index (χ1n) is 5.99. The molecule has 0 fully saturated rings. The minimum atomic E-state index is 0.122. The van der Waals surface area contributed by atoms with Gasteiger partial charge in [0.1, 0.15) is 6.07 Å². The molecule has 5 N–H and O–H groups in total. The molecular formula is C15H12Cl2N4. The van der Waals surface area contributed by atoms with Crippen molar-refractivity contribution in [1.29, 1.82) is 5.26 Å². The Balaban J connectivity index is 2.37. The summed E-state index contributed by atoms with van der Waals surface area (Å²) in [7, 11) is 0. The highest BCUT2D eigenvalue weighted by molar-refractivity contribution is 6.42. The van der Waals surface area contributed by atoms with Crippen molar-refractivity contribution in [2.24, 2.45) is 11.6 Å². The van der Waals surface area contributed by atoms with Crippen LogP contribution in [0.5, 0.6) is 0 Å². The fourth-order valence-corrected chi connectivity index (χ4v) is 2.13. The van der Waals surface area contributed by atoms with Crippen LogP contribution in [-0.2, 0) is 0 Å². The normalized spacial score (nSPS) is 11.5. The van der Waals surface area contributed by atoms with Crippen LogP contribution in [0.4, 0.5) is 0 Å². The van der Waals surface area contributed by atoms with E-state index in [-0.39, 0.29) is 5.70 Å². The lowest BCUT2D eigenvalue weighted by atomic mass is 10.0. The highest BCUT2D eigenvalue weighted by Crippen LogP contribution is 2.29. The van der Waals surface area contributed by atoms with Gasteiger partial charge in [-0.2, -0.15) is 5.26 Å². The molecule has 0 saturated heterocycles. The van der Waals surface area contributed by atoms with Crippen LogP contribution in [0.25, 0.3) is 16.8 Å². The molecule has 21 heavy (non-hydrogen) atoms. The number of benzene rings is 2. The second-order valence-corrected chi connectivity index (χ2v) is 5.07. The van der Waals surface area contributed by atoms with Crippen LogP contribution in [0.15, 0.2) is 48.2 Å². The van der Waals surface area contributed by atoms with Crippen molar-refractivity contribution < 1.29 is 0 Å². The number of hydrazine groups is 1. The number of rotatable bonds is 3. The van der Waals surface area contributed by atoms with E-state index in [4.69, 9.17) is 40.0 Å². The summed E-state index contributed by atoms with van der Waals surface area (Å²) in [6.07, 6.45) is 0. The van der Waals surface area contributed by atoms with Crippen molar-refractivity contribution in [3.05, 3.63) is 63.8 Å². The number of nitrogens with two attached hydrogens (primary N) is 2. The molecule has 0 bridgehead atoms. The summed E-state index contributed by atoms with van der Waals surface area (Å²) in [5, 5.41) is 9.90. The number of allylic oxidation sites excluding steroid dienone is 1. The van der Waals surface area contributed by atoms with E-state index in [1.165, 1.54) is 0 Å². The molecule has 2 rings (SSSR count). The fraction of sp³-hybridized carbons (Fsp3) is 0. The van der Waals surface area contributed by atoms with Gasteiger partial charge in [0.25, 0.3) is 0 Å². The van der Waals surface area contributed by atoms with Gasteiger partial charge in [-0.05, 0) is 23.3 Å². The molecule has 0 aliphatic heterocycles. The van der Waals surface area contributed by atoms with Crippen LogP contribution < -0.4 is 17.0 Å². The predicted molar refractivity (Wildman–Crippen MR) is 85.9 cm³/mol. The zero-order chi connectivity index (χ0) is 15.4. The maximum atomic E-state index is 8.89. The summed E-state index contributed by atoms with van der Waals surface area (Å²) in [4.78, 5) is 0. The third kappa shape index (κ3) is 3.29. The summed E-state index contributed by atoms with van der Waals surface area (Å²) in [5.74, 6) is 5.24. The maximum absolute atomic E-state index is 8.89. The van der Waals surface area contributed by atoms with E-state index >= 15 is 0 Å². The van der Waals surface area contributed by atoms with Gasteiger partial charge in [0.2, 0.25) is 0 Å². The minimum Gasteiger partial charge on any atom is -0.396 e. The predicted octanol–water partition coefficient (Wildman–Crippen LogP) is 3.27. The molecular weight excluding hydrogens is 307 g/mol. The van der Waals surface area contributed by atoms with E-state index in [1.54, 1.807) is 12.1 Å². The van der Waals surface area contributed by atoms with Gasteiger partial charge in [0.05, 0.1) is 15.7 Å².